The monoisotopic (exact) mass is 357 g/mol. The highest BCUT2D eigenvalue weighted by molar-refractivity contribution is 5.77. The third-order valence-electron chi connectivity index (χ3n) is 4.01. The van der Waals surface area contributed by atoms with E-state index in [2.05, 4.69) is 25.3 Å². The van der Waals surface area contributed by atoms with Crippen molar-refractivity contribution in [2.24, 2.45) is 0 Å². The molecule has 1 N–H and O–H groups in total. The van der Waals surface area contributed by atoms with Gasteiger partial charge in [-0.25, -0.2) is 19.9 Å². The molecule has 0 aliphatic heterocycles. The Morgan fingerprint density at radius 3 is 2.19 bits per heavy atom. The van der Waals surface area contributed by atoms with Gasteiger partial charge >= 0.3 is 6.01 Å². The van der Waals surface area contributed by atoms with E-state index < -0.39 is 0 Å². The molecule has 0 aliphatic rings. The van der Waals surface area contributed by atoms with E-state index in [0.29, 0.717) is 17.6 Å². The molecule has 0 radical (unpaired) electrons. The standard InChI is InChI=1S/C21H19N5O/c1-13-11-14(2)23-21(22-13)27-17-8-6-7-16(12-17)25-20-15(3)24-18-9-4-5-10-19(18)26-20/h4-12H,1-3H3,(H,25,26). The van der Waals surface area contributed by atoms with Gasteiger partial charge in [0.25, 0.3) is 0 Å². The summed E-state index contributed by atoms with van der Waals surface area (Å²) in [5.41, 5.74) is 5.15. The number of hydrogen-bond acceptors (Lipinski definition) is 6. The van der Waals surface area contributed by atoms with E-state index in [-0.39, 0.29) is 0 Å². The first-order valence-electron chi connectivity index (χ1n) is 8.67. The molecule has 0 amide bonds. The summed E-state index contributed by atoms with van der Waals surface area (Å²) in [6, 6.07) is 17.7. The maximum absolute atomic E-state index is 5.82. The number of para-hydroxylation sites is 2. The Labute approximate surface area is 157 Å². The number of hydrogen-bond donors (Lipinski definition) is 1. The smallest absolute Gasteiger partial charge is 0.322 e. The second-order valence-electron chi connectivity index (χ2n) is 6.33. The second-order valence-corrected chi connectivity index (χ2v) is 6.33. The van der Waals surface area contributed by atoms with Crippen molar-refractivity contribution in [3.63, 3.8) is 0 Å². The lowest BCUT2D eigenvalue weighted by Crippen LogP contribution is -2.00. The summed E-state index contributed by atoms with van der Waals surface area (Å²) in [6.45, 7) is 5.77. The number of ether oxygens (including phenoxy) is 1. The van der Waals surface area contributed by atoms with E-state index in [1.54, 1.807) is 0 Å². The number of aromatic nitrogens is 4. The molecule has 6 nitrogen and oxygen atoms in total. The molecular formula is C21H19N5O. The molecule has 2 aromatic carbocycles. The summed E-state index contributed by atoms with van der Waals surface area (Å²) in [6.07, 6.45) is 0. The molecule has 134 valence electrons. The number of fused-ring (bicyclic) bond motifs is 1. The lowest BCUT2D eigenvalue weighted by molar-refractivity contribution is 0.439. The van der Waals surface area contributed by atoms with E-state index >= 15 is 0 Å². The first kappa shape index (κ1) is 16.9. The largest absolute Gasteiger partial charge is 0.424 e. The minimum atomic E-state index is 0.339. The van der Waals surface area contributed by atoms with Crippen LogP contribution in [0.5, 0.6) is 11.8 Å². The van der Waals surface area contributed by atoms with Crippen LogP contribution in [0.25, 0.3) is 11.0 Å². The predicted octanol–water partition coefficient (Wildman–Crippen LogP) is 4.88. The van der Waals surface area contributed by atoms with Crippen molar-refractivity contribution in [2.45, 2.75) is 20.8 Å². The van der Waals surface area contributed by atoms with Gasteiger partial charge < -0.3 is 10.1 Å². The van der Waals surface area contributed by atoms with Crippen molar-refractivity contribution < 1.29 is 4.74 Å². The molecule has 0 saturated carbocycles. The van der Waals surface area contributed by atoms with Crippen LogP contribution in [0.1, 0.15) is 17.1 Å². The van der Waals surface area contributed by atoms with Crippen molar-refractivity contribution >= 4 is 22.5 Å². The van der Waals surface area contributed by atoms with Crippen molar-refractivity contribution in [2.75, 3.05) is 5.32 Å². The van der Waals surface area contributed by atoms with Gasteiger partial charge in [-0.1, -0.05) is 18.2 Å². The molecule has 27 heavy (non-hydrogen) atoms. The van der Waals surface area contributed by atoms with Crippen LogP contribution in [0.3, 0.4) is 0 Å². The SMILES string of the molecule is Cc1cc(C)nc(Oc2cccc(Nc3nc4ccccc4nc3C)c2)n1. The zero-order valence-corrected chi connectivity index (χ0v) is 15.4. The molecule has 0 spiro atoms. The fourth-order valence-electron chi connectivity index (χ4n) is 2.83. The maximum atomic E-state index is 5.82. The summed E-state index contributed by atoms with van der Waals surface area (Å²) in [5, 5.41) is 3.32. The Morgan fingerprint density at radius 2 is 1.44 bits per heavy atom. The van der Waals surface area contributed by atoms with E-state index in [0.717, 1.165) is 33.8 Å². The van der Waals surface area contributed by atoms with Gasteiger partial charge in [0.15, 0.2) is 5.82 Å². The van der Waals surface area contributed by atoms with Gasteiger partial charge in [0, 0.05) is 23.1 Å². The molecule has 0 fully saturated rings. The summed E-state index contributed by atoms with van der Waals surface area (Å²) < 4.78 is 5.82. The van der Waals surface area contributed by atoms with Crippen LogP contribution in [-0.4, -0.2) is 19.9 Å². The number of aryl methyl sites for hydroxylation is 3. The van der Waals surface area contributed by atoms with E-state index in [1.165, 1.54) is 0 Å². The molecule has 0 aliphatic carbocycles. The van der Waals surface area contributed by atoms with Crippen LogP contribution in [0.15, 0.2) is 54.6 Å². The Balaban J connectivity index is 1.60. The van der Waals surface area contributed by atoms with Gasteiger partial charge in [0.1, 0.15) is 5.75 Å². The first-order chi connectivity index (χ1) is 13.1. The Morgan fingerprint density at radius 1 is 0.741 bits per heavy atom. The highest BCUT2D eigenvalue weighted by Gasteiger charge is 2.07. The van der Waals surface area contributed by atoms with E-state index in [9.17, 15) is 0 Å². The van der Waals surface area contributed by atoms with E-state index in [4.69, 9.17) is 4.74 Å². The minimum absolute atomic E-state index is 0.339. The fraction of sp³-hybridized carbons (Fsp3) is 0.143. The number of benzene rings is 2. The molecule has 0 atom stereocenters. The predicted molar refractivity (Wildman–Crippen MR) is 106 cm³/mol. The Bertz CT molecular complexity index is 1110. The van der Waals surface area contributed by atoms with Gasteiger partial charge in [-0.3, -0.25) is 0 Å². The molecule has 2 heterocycles. The molecular weight excluding hydrogens is 338 g/mol. The van der Waals surface area contributed by atoms with Gasteiger partial charge in [0.2, 0.25) is 0 Å². The van der Waals surface area contributed by atoms with Crippen LogP contribution in [0.2, 0.25) is 0 Å². The second kappa shape index (κ2) is 6.99. The minimum Gasteiger partial charge on any atom is -0.424 e. The van der Waals surface area contributed by atoms with Crippen molar-refractivity contribution in [1.82, 2.24) is 19.9 Å². The normalized spacial score (nSPS) is 10.8. The lowest BCUT2D eigenvalue weighted by atomic mass is 10.2. The first-order valence-corrected chi connectivity index (χ1v) is 8.67. The molecule has 0 saturated heterocycles. The topological polar surface area (TPSA) is 72.8 Å². The summed E-state index contributed by atoms with van der Waals surface area (Å²) in [7, 11) is 0. The van der Waals surface area contributed by atoms with Crippen LogP contribution in [0.4, 0.5) is 11.5 Å². The van der Waals surface area contributed by atoms with Crippen LogP contribution in [-0.2, 0) is 0 Å². The number of rotatable bonds is 4. The Hall–Kier alpha value is -3.54. The van der Waals surface area contributed by atoms with Crippen LogP contribution >= 0.6 is 0 Å². The van der Waals surface area contributed by atoms with Crippen molar-refractivity contribution in [3.8, 4) is 11.8 Å². The third-order valence-corrected chi connectivity index (χ3v) is 4.01. The number of anilines is 2. The van der Waals surface area contributed by atoms with Crippen LogP contribution < -0.4 is 10.1 Å². The maximum Gasteiger partial charge on any atom is 0.322 e. The summed E-state index contributed by atoms with van der Waals surface area (Å²) in [5.74, 6) is 1.37. The quantitative estimate of drug-likeness (QED) is 0.561. The average Bonchev–Trinajstić information content (AvgIpc) is 2.62. The average molecular weight is 357 g/mol. The zero-order valence-electron chi connectivity index (χ0n) is 15.4. The molecule has 4 aromatic rings. The molecule has 2 aromatic heterocycles. The molecule has 4 rings (SSSR count). The molecule has 0 bridgehead atoms. The fourth-order valence-corrected chi connectivity index (χ4v) is 2.83. The summed E-state index contributed by atoms with van der Waals surface area (Å²) in [4.78, 5) is 17.9. The Kier molecular flexibility index (Phi) is 4.38. The lowest BCUT2D eigenvalue weighted by Gasteiger charge is -2.11. The molecule has 0 unspecified atom stereocenters. The summed E-state index contributed by atoms with van der Waals surface area (Å²) >= 11 is 0. The van der Waals surface area contributed by atoms with Gasteiger partial charge in [-0.15, -0.1) is 0 Å². The van der Waals surface area contributed by atoms with Gasteiger partial charge in [-0.2, -0.15) is 0 Å². The molecule has 6 heteroatoms. The third kappa shape index (κ3) is 3.84. The number of nitrogens with one attached hydrogen (secondary N) is 1. The highest BCUT2D eigenvalue weighted by atomic mass is 16.5. The van der Waals surface area contributed by atoms with Crippen LogP contribution in [0, 0.1) is 20.8 Å². The van der Waals surface area contributed by atoms with Gasteiger partial charge in [0.05, 0.1) is 16.7 Å². The van der Waals surface area contributed by atoms with Crippen molar-refractivity contribution in [3.05, 3.63) is 71.7 Å². The number of nitrogens with zero attached hydrogens (tertiary/aromatic N) is 4. The highest BCUT2D eigenvalue weighted by Crippen LogP contribution is 2.25. The van der Waals surface area contributed by atoms with Crippen molar-refractivity contribution in [1.29, 1.82) is 0 Å². The zero-order chi connectivity index (χ0) is 18.8. The van der Waals surface area contributed by atoms with E-state index in [1.807, 2.05) is 75.4 Å². The van der Waals surface area contributed by atoms with Gasteiger partial charge in [-0.05, 0) is 51.1 Å².